The number of aryl methyl sites for hydroxylation is 2. The molecule has 0 spiro atoms. The molecule has 3 heterocycles. The van der Waals surface area contributed by atoms with Crippen molar-refractivity contribution in [3.8, 4) is 0 Å². The predicted molar refractivity (Wildman–Crippen MR) is 132 cm³/mol. The molecule has 0 amide bonds. The van der Waals surface area contributed by atoms with E-state index in [4.69, 9.17) is 4.74 Å². The Labute approximate surface area is 197 Å². The van der Waals surface area contributed by atoms with Crippen molar-refractivity contribution >= 4 is 67.2 Å². The third-order valence-electron chi connectivity index (χ3n) is 5.04. The third-order valence-corrected chi connectivity index (χ3v) is 7.89. The number of thioether (sulfide) groups is 1. The van der Waals surface area contributed by atoms with Crippen LogP contribution in [-0.2, 0) is 4.74 Å². The molecule has 0 atom stereocenters. The first-order chi connectivity index (χ1) is 14.9. The number of esters is 1. The summed E-state index contributed by atoms with van der Waals surface area (Å²) in [6, 6.07) is 9.38. The van der Waals surface area contributed by atoms with Gasteiger partial charge in [0.15, 0.2) is 0 Å². The van der Waals surface area contributed by atoms with Gasteiger partial charge >= 0.3 is 5.97 Å². The molecule has 0 unspecified atom stereocenters. The van der Waals surface area contributed by atoms with Gasteiger partial charge in [0.2, 0.25) is 5.78 Å². The number of hydrogen-bond donors (Lipinski definition) is 0. The van der Waals surface area contributed by atoms with E-state index in [9.17, 15) is 9.59 Å². The predicted octanol–water partition coefficient (Wildman–Crippen LogP) is 7.05. The van der Waals surface area contributed by atoms with E-state index in [0.29, 0.717) is 21.4 Å². The van der Waals surface area contributed by atoms with Crippen molar-refractivity contribution in [2.24, 2.45) is 0 Å². The van der Waals surface area contributed by atoms with Crippen LogP contribution in [0.3, 0.4) is 0 Å². The Balaban J connectivity index is 2.12. The smallest absolute Gasteiger partial charge is 0.341 e. The third kappa shape index (κ3) is 3.83. The van der Waals surface area contributed by atoms with Crippen LogP contribution in [0.25, 0.3) is 16.4 Å². The molecular weight excluding hydrogens is 494 g/mol. The van der Waals surface area contributed by atoms with Crippen molar-refractivity contribution in [1.82, 2.24) is 4.40 Å². The van der Waals surface area contributed by atoms with Gasteiger partial charge in [-0.05, 0) is 61.9 Å². The Bertz CT molecular complexity index is 1320. The Morgan fingerprint density at radius 3 is 2.48 bits per heavy atom. The second-order valence-electron chi connectivity index (χ2n) is 7.23. The highest BCUT2D eigenvalue weighted by molar-refractivity contribution is 9.10. The number of ketones is 1. The topological polar surface area (TPSA) is 47.8 Å². The Morgan fingerprint density at radius 2 is 1.84 bits per heavy atom. The fourth-order valence-electron chi connectivity index (χ4n) is 3.89. The van der Waals surface area contributed by atoms with Crippen LogP contribution in [0.4, 0.5) is 0 Å². The minimum absolute atomic E-state index is 0.0821. The summed E-state index contributed by atoms with van der Waals surface area (Å²) in [5, 5.41) is 0.695. The number of halogens is 1. The fraction of sp³-hybridized carbons (Fsp3) is 0.250. The van der Waals surface area contributed by atoms with Crippen molar-refractivity contribution < 1.29 is 14.3 Å². The van der Waals surface area contributed by atoms with E-state index in [1.54, 1.807) is 30.8 Å². The van der Waals surface area contributed by atoms with Gasteiger partial charge in [0.25, 0.3) is 0 Å². The van der Waals surface area contributed by atoms with Gasteiger partial charge in [0.05, 0.1) is 32.3 Å². The lowest BCUT2D eigenvalue weighted by Gasteiger charge is -2.07. The molecule has 7 heteroatoms. The van der Waals surface area contributed by atoms with Gasteiger partial charge < -0.3 is 9.14 Å². The van der Waals surface area contributed by atoms with E-state index in [-0.39, 0.29) is 12.4 Å². The highest BCUT2D eigenvalue weighted by Crippen LogP contribution is 2.44. The molecule has 1 aromatic carbocycles. The Morgan fingerprint density at radius 1 is 1.13 bits per heavy atom. The number of benzene rings is 1. The van der Waals surface area contributed by atoms with Gasteiger partial charge in [-0.15, -0.1) is 23.1 Å². The molecule has 0 bridgehead atoms. The van der Waals surface area contributed by atoms with E-state index < -0.39 is 5.97 Å². The molecule has 0 aliphatic carbocycles. The summed E-state index contributed by atoms with van der Waals surface area (Å²) < 4.78 is 9.46. The number of pyridine rings is 1. The molecule has 0 fully saturated rings. The van der Waals surface area contributed by atoms with Crippen LogP contribution in [0, 0.1) is 13.8 Å². The normalized spacial score (nSPS) is 11.4. The highest BCUT2D eigenvalue weighted by Gasteiger charge is 2.30. The average molecular weight is 516 g/mol. The summed E-state index contributed by atoms with van der Waals surface area (Å²) in [6.45, 7) is 8.19. The molecule has 0 aliphatic rings. The van der Waals surface area contributed by atoms with Crippen molar-refractivity contribution in [3.63, 3.8) is 0 Å². The fourth-order valence-corrected chi connectivity index (χ4v) is 6.59. The number of thiophene rings is 1. The zero-order chi connectivity index (χ0) is 22.3. The van der Waals surface area contributed by atoms with Crippen LogP contribution in [0.1, 0.15) is 50.6 Å². The second-order valence-corrected chi connectivity index (χ2v) is 10.7. The maximum atomic E-state index is 13.6. The quantitative estimate of drug-likeness (QED) is 0.157. The number of rotatable bonds is 6. The van der Waals surface area contributed by atoms with Crippen molar-refractivity contribution in [2.75, 3.05) is 12.4 Å². The molecule has 0 saturated carbocycles. The van der Waals surface area contributed by atoms with E-state index >= 15 is 0 Å². The largest absolute Gasteiger partial charge is 0.462 e. The molecule has 0 aliphatic heterocycles. The van der Waals surface area contributed by atoms with Crippen molar-refractivity contribution in [2.45, 2.75) is 31.9 Å². The van der Waals surface area contributed by atoms with Gasteiger partial charge in [0.1, 0.15) is 0 Å². The van der Waals surface area contributed by atoms with Crippen LogP contribution in [0.15, 0.2) is 45.2 Å². The molecule has 4 nitrogen and oxygen atoms in total. The van der Waals surface area contributed by atoms with Crippen LogP contribution in [-0.4, -0.2) is 28.5 Å². The minimum atomic E-state index is -0.391. The molecule has 4 rings (SSSR count). The molecular formula is C24H22BrNO3S2. The molecule has 3 aromatic heterocycles. The zero-order valence-corrected chi connectivity index (χ0v) is 21.0. The lowest BCUT2D eigenvalue weighted by Crippen LogP contribution is -2.07. The zero-order valence-electron chi connectivity index (χ0n) is 17.7. The van der Waals surface area contributed by atoms with E-state index in [2.05, 4.69) is 33.3 Å². The first-order valence-corrected chi connectivity index (χ1v) is 12.6. The number of hydrogen-bond acceptors (Lipinski definition) is 5. The molecule has 31 heavy (non-hydrogen) atoms. The van der Waals surface area contributed by atoms with Crippen LogP contribution in [0.5, 0.6) is 0 Å². The van der Waals surface area contributed by atoms with E-state index in [1.807, 2.05) is 32.2 Å². The Kier molecular flexibility index (Phi) is 6.28. The first-order valence-electron chi connectivity index (χ1n) is 10.0. The molecule has 0 saturated heterocycles. The van der Waals surface area contributed by atoms with Gasteiger partial charge in [-0.3, -0.25) is 4.79 Å². The number of ether oxygens (including phenoxy) is 1. The lowest BCUT2D eigenvalue weighted by atomic mass is 10.0. The lowest BCUT2D eigenvalue weighted by molar-refractivity contribution is 0.0531. The number of nitrogens with zero attached hydrogens (tertiary/aromatic N) is 1. The number of fused-ring (bicyclic) bond motifs is 3. The van der Waals surface area contributed by atoms with Crippen LogP contribution < -0.4 is 0 Å². The summed E-state index contributed by atoms with van der Waals surface area (Å²) in [5.74, 6) is 0.396. The molecule has 0 radical (unpaired) electrons. The van der Waals surface area contributed by atoms with Crippen LogP contribution in [0.2, 0.25) is 0 Å². The van der Waals surface area contributed by atoms with Gasteiger partial charge in [0, 0.05) is 21.6 Å². The summed E-state index contributed by atoms with van der Waals surface area (Å²) in [6.07, 6.45) is 2.04. The van der Waals surface area contributed by atoms with Crippen molar-refractivity contribution in [3.05, 3.63) is 68.1 Å². The summed E-state index contributed by atoms with van der Waals surface area (Å²) in [5.41, 5.74) is 4.88. The molecule has 0 N–H and O–H groups in total. The molecule has 160 valence electrons. The van der Waals surface area contributed by atoms with Crippen LogP contribution >= 0.6 is 39.0 Å². The number of aromatic nitrogens is 1. The second kappa shape index (κ2) is 8.81. The maximum Gasteiger partial charge on any atom is 0.341 e. The number of carbonyl (C=O) groups excluding carboxylic acids is 2. The van der Waals surface area contributed by atoms with E-state index in [0.717, 1.165) is 36.6 Å². The van der Waals surface area contributed by atoms with Gasteiger partial charge in [-0.25, -0.2) is 4.79 Å². The SMILES string of the molecule is CCOC(=O)c1c2c(C(=O)c3ccc(Br)cc3)sc(SCC)c2n2cc(C)cc(C)c12. The summed E-state index contributed by atoms with van der Waals surface area (Å²) in [7, 11) is 0. The monoisotopic (exact) mass is 515 g/mol. The summed E-state index contributed by atoms with van der Waals surface area (Å²) in [4.78, 5) is 27.3. The van der Waals surface area contributed by atoms with E-state index in [1.165, 1.54) is 11.3 Å². The minimum Gasteiger partial charge on any atom is -0.462 e. The average Bonchev–Trinajstić information content (AvgIpc) is 3.25. The summed E-state index contributed by atoms with van der Waals surface area (Å²) >= 11 is 6.58. The Hall–Kier alpha value is -2.09. The van der Waals surface area contributed by atoms with Gasteiger partial charge in [-0.2, -0.15) is 0 Å². The molecule has 4 aromatic rings. The number of carbonyl (C=O) groups is 2. The maximum absolute atomic E-state index is 13.6. The highest BCUT2D eigenvalue weighted by atomic mass is 79.9. The standard InChI is InChI=1S/C24H22BrNO3S2/c1-5-29-23(28)18-17-20(26-12-13(3)11-14(4)19(18)26)24(30-6-2)31-22(17)21(27)15-7-9-16(25)10-8-15/h7-12H,5-6H2,1-4H3. The van der Waals surface area contributed by atoms with Crippen molar-refractivity contribution in [1.29, 1.82) is 0 Å². The van der Waals surface area contributed by atoms with Gasteiger partial charge in [-0.1, -0.05) is 28.9 Å². The first kappa shape index (κ1) is 22.1.